The van der Waals surface area contributed by atoms with Crippen LogP contribution in [0.5, 0.6) is 0 Å². The third-order valence-corrected chi connectivity index (χ3v) is 5.63. The number of hydrogen-bond acceptors (Lipinski definition) is 5. The highest BCUT2D eigenvalue weighted by Crippen LogP contribution is 2.31. The van der Waals surface area contributed by atoms with Crippen LogP contribution < -0.4 is 5.32 Å². The molecule has 1 N–H and O–H groups in total. The Kier molecular flexibility index (Phi) is 4.59. The van der Waals surface area contributed by atoms with Crippen molar-refractivity contribution in [1.29, 1.82) is 0 Å². The quantitative estimate of drug-likeness (QED) is 0.378. The van der Waals surface area contributed by atoms with Gasteiger partial charge in [0.15, 0.2) is 0 Å². The van der Waals surface area contributed by atoms with Crippen molar-refractivity contribution in [2.45, 2.75) is 13.8 Å². The summed E-state index contributed by atoms with van der Waals surface area (Å²) in [4.78, 5) is 24.5. The molecule has 4 rings (SSSR count). The van der Waals surface area contributed by atoms with Crippen molar-refractivity contribution < 1.29 is 14.1 Å². The van der Waals surface area contributed by atoms with E-state index in [1.165, 1.54) is 35.6 Å². The Bertz CT molecular complexity index is 1260. The van der Waals surface area contributed by atoms with Gasteiger partial charge in [-0.25, -0.2) is 9.07 Å². The number of nitrogens with zero attached hydrogens (tertiary/aromatic N) is 3. The number of aryl methyl sites for hydroxylation is 2. The molecule has 29 heavy (non-hydrogen) atoms. The van der Waals surface area contributed by atoms with Crippen molar-refractivity contribution in [3.8, 4) is 5.69 Å². The minimum Gasteiger partial charge on any atom is -0.321 e. The van der Waals surface area contributed by atoms with Crippen LogP contribution in [-0.2, 0) is 0 Å². The van der Waals surface area contributed by atoms with Crippen LogP contribution in [0.4, 0.5) is 15.8 Å². The fraction of sp³-hybridized carbons (Fsp3) is 0.100. The Balaban J connectivity index is 1.69. The summed E-state index contributed by atoms with van der Waals surface area (Å²) in [6.07, 6.45) is 0. The molecule has 0 aliphatic carbocycles. The molecule has 2 heterocycles. The normalized spacial score (nSPS) is 11.0. The molecule has 146 valence electrons. The minimum atomic E-state index is -0.505. The Morgan fingerprint density at radius 1 is 1.17 bits per heavy atom. The van der Waals surface area contributed by atoms with E-state index in [1.54, 1.807) is 35.9 Å². The van der Waals surface area contributed by atoms with Crippen LogP contribution in [0.2, 0.25) is 0 Å². The van der Waals surface area contributed by atoms with Gasteiger partial charge >= 0.3 is 0 Å². The molecule has 0 aliphatic heterocycles. The van der Waals surface area contributed by atoms with Crippen molar-refractivity contribution in [2.24, 2.45) is 0 Å². The second kappa shape index (κ2) is 7.10. The Hall–Kier alpha value is -3.59. The number of hydrogen-bond donors (Lipinski definition) is 1. The molecule has 2 aromatic carbocycles. The second-order valence-electron chi connectivity index (χ2n) is 6.51. The molecule has 7 nitrogen and oxygen atoms in total. The van der Waals surface area contributed by atoms with E-state index >= 15 is 0 Å². The van der Waals surface area contributed by atoms with Gasteiger partial charge in [-0.1, -0.05) is 6.07 Å². The topological polar surface area (TPSA) is 90.1 Å². The number of carbonyl (C=O) groups excluding carboxylic acids is 1. The van der Waals surface area contributed by atoms with E-state index in [9.17, 15) is 19.3 Å². The molecular weight excluding hydrogens is 395 g/mol. The largest absolute Gasteiger partial charge is 0.321 e. The first-order chi connectivity index (χ1) is 13.8. The number of non-ortho nitro benzene ring substituents is 1. The van der Waals surface area contributed by atoms with E-state index in [4.69, 9.17) is 0 Å². The highest BCUT2D eigenvalue weighted by molar-refractivity contribution is 7.20. The van der Waals surface area contributed by atoms with Crippen molar-refractivity contribution >= 4 is 38.8 Å². The van der Waals surface area contributed by atoms with Gasteiger partial charge in [0, 0.05) is 17.5 Å². The lowest BCUT2D eigenvalue weighted by Gasteiger charge is -2.07. The summed E-state index contributed by atoms with van der Waals surface area (Å²) in [5.74, 6) is -0.702. The van der Waals surface area contributed by atoms with Crippen LogP contribution in [0.1, 0.15) is 20.9 Å². The highest BCUT2D eigenvalue weighted by atomic mass is 32.1. The van der Waals surface area contributed by atoms with Crippen molar-refractivity contribution in [3.63, 3.8) is 0 Å². The van der Waals surface area contributed by atoms with E-state index in [1.807, 2.05) is 6.92 Å². The summed E-state index contributed by atoms with van der Waals surface area (Å²) in [7, 11) is 0. The first kappa shape index (κ1) is 18.8. The van der Waals surface area contributed by atoms with Gasteiger partial charge in [-0.2, -0.15) is 5.10 Å². The van der Waals surface area contributed by atoms with Crippen LogP contribution in [0.25, 0.3) is 15.9 Å². The zero-order valence-corrected chi connectivity index (χ0v) is 16.3. The van der Waals surface area contributed by atoms with Gasteiger partial charge in [0.05, 0.1) is 26.9 Å². The lowest BCUT2D eigenvalue weighted by molar-refractivity contribution is -0.384. The zero-order chi connectivity index (χ0) is 20.7. The smallest absolute Gasteiger partial charge is 0.271 e. The summed E-state index contributed by atoms with van der Waals surface area (Å²) in [6, 6.07) is 12.0. The van der Waals surface area contributed by atoms with Crippen LogP contribution >= 0.6 is 11.3 Å². The summed E-state index contributed by atoms with van der Waals surface area (Å²) >= 11 is 1.25. The molecule has 0 aliphatic rings. The maximum absolute atomic E-state index is 13.2. The van der Waals surface area contributed by atoms with Crippen LogP contribution in [0, 0.1) is 29.8 Å². The number of fused-ring (bicyclic) bond motifs is 1. The van der Waals surface area contributed by atoms with Crippen LogP contribution in [0.15, 0.2) is 48.5 Å². The van der Waals surface area contributed by atoms with Crippen LogP contribution in [0.3, 0.4) is 0 Å². The minimum absolute atomic E-state index is 0.0926. The molecule has 0 saturated heterocycles. The number of nitro groups is 1. The number of nitrogens with one attached hydrogen (secondary N) is 1. The van der Waals surface area contributed by atoms with Gasteiger partial charge in [-0.05, 0) is 49.7 Å². The van der Waals surface area contributed by atoms with E-state index in [0.717, 1.165) is 21.5 Å². The summed E-state index contributed by atoms with van der Waals surface area (Å²) < 4.78 is 14.9. The fourth-order valence-electron chi connectivity index (χ4n) is 2.96. The van der Waals surface area contributed by atoms with Gasteiger partial charge < -0.3 is 5.32 Å². The zero-order valence-electron chi connectivity index (χ0n) is 15.5. The predicted molar refractivity (Wildman–Crippen MR) is 109 cm³/mol. The molecular formula is C20H15FN4O3S. The average molecular weight is 410 g/mol. The average Bonchev–Trinajstić information content (AvgIpc) is 3.25. The number of anilines is 1. The highest BCUT2D eigenvalue weighted by Gasteiger charge is 2.18. The number of halogens is 1. The Labute approximate surface area is 168 Å². The van der Waals surface area contributed by atoms with E-state index < -0.39 is 4.92 Å². The third kappa shape index (κ3) is 3.47. The Morgan fingerprint density at radius 2 is 1.90 bits per heavy atom. The lowest BCUT2D eigenvalue weighted by Crippen LogP contribution is -2.11. The molecule has 1 amide bonds. The molecule has 0 radical (unpaired) electrons. The van der Waals surface area contributed by atoms with Crippen LogP contribution in [-0.4, -0.2) is 20.6 Å². The van der Waals surface area contributed by atoms with Gasteiger partial charge in [-0.3, -0.25) is 14.9 Å². The number of benzene rings is 2. The molecule has 0 unspecified atom stereocenters. The fourth-order valence-corrected chi connectivity index (χ4v) is 4.04. The summed E-state index contributed by atoms with van der Waals surface area (Å²) in [5, 5.41) is 19.0. The molecule has 0 spiro atoms. The van der Waals surface area contributed by atoms with E-state index in [0.29, 0.717) is 16.3 Å². The number of carbonyl (C=O) groups is 1. The number of nitro benzene ring substituents is 1. The maximum atomic E-state index is 13.2. The molecule has 4 aromatic rings. The predicted octanol–water partition coefficient (Wildman–Crippen LogP) is 5.00. The number of aromatic nitrogens is 2. The SMILES string of the molecule is Cc1ccc([N+](=O)[O-])cc1NC(=O)c1cc2c(C)nn(-c3ccc(F)cc3)c2s1. The molecule has 0 fully saturated rings. The second-order valence-corrected chi connectivity index (χ2v) is 7.54. The van der Waals surface area contributed by atoms with E-state index in [2.05, 4.69) is 10.4 Å². The molecule has 0 atom stereocenters. The Morgan fingerprint density at radius 3 is 2.59 bits per heavy atom. The van der Waals surface area contributed by atoms with E-state index in [-0.39, 0.29) is 17.4 Å². The van der Waals surface area contributed by atoms with Gasteiger partial charge in [0.2, 0.25) is 0 Å². The summed E-state index contributed by atoms with van der Waals surface area (Å²) in [5.41, 5.74) is 2.45. The number of amides is 1. The standard InChI is InChI=1S/C20H15FN4O3S/c1-11-3-6-15(25(27)28)9-17(11)22-19(26)18-10-16-12(2)23-24(20(16)29-18)14-7-4-13(21)5-8-14/h3-10H,1-2H3,(H,22,26). The number of rotatable bonds is 4. The third-order valence-electron chi connectivity index (χ3n) is 4.52. The molecule has 0 bridgehead atoms. The van der Waals surface area contributed by atoms with Gasteiger partial charge in [-0.15, -0.1) is 11.3 Å². The molecule has 2 aromatic heterocycles. The monoisotopic (exact) mass is 410 g/mol. The summed E-state index contributed by atoms with van der Waals surface area (Å²) in [6.45, 7) is 3.60. The maximum Gasteiger partial charge on any atom is 0.271 e. The first-order valence-electron chi connectivity index (χ1n) is 8.65. The van der Waals surface area contributed by atoms with Crippen molar-refractivity contribution in [3.05, 3.63) is 80.6 Å². The van der Waals surface area contributed by atoms with Gasteiger partial charge in [0.25, 0.3) is 11.6 Å². The lowest BCUT2D eigenvalue weighted by atomic mass is 10.2. The van der Waals surface area contributed by atoms with Gasteiger partial charge in [0.1, 0.15) is 10.6 Å². The molecule has 0 saturated carbocycles. The van der Waals surface area contributed by atoms with Crippen molar-refractivity contribution in [2.75, 3.05) is 5.32 Å². The first-order valence-corrected chi connectivity index (χ1v) is 9.46. The van der Waals surface area contributed by atoms with Crippen molar-refractivity contribution in [1.82, 2.24) is 9.78 Å². The number of thiophene rings is 1. The molecule has 9 heteroatoms.